The molecule has 4 atom stereocenters. The maximum atomic E-state index is 6.92. The number of allylic oxidation sites excluding steroid dienone is 1. The van der Waals surface area contributed by atoms with Crippen LogP contribution < -0.4 is 0 Å². The van der Waals surface area contributed by atoms with E-state index in [-0.39, 0.29) is 22.3 Å². The van der Waals surface area contributed by atoms with Gasteiger partial charge in [0.15, 0.2) is 8.32 Å². The number of ether oxygens (including phenoxy) is 3. The fourth-order valence-corrected chi connectivity index (χ4v) is 6.22. The standard InChI is InChI=1S/C26H40O4Si/c1-24(2,3)31(4,5)29-19-25-15-22-13-9-10-14-26(22,30-25)17-23(16-25)28-20-27-18-21-11-7-6-8-12-21/h6-9,11-13,22-23H,10,14-20H2,1-5H3/t22-,23-,25+,26+/m1/s1. The van der Waals surface area contributed by atoms with E-state index >= 15 is 0 Å². The van der Waals surface area contributed by atoms with Crippen LogP contribution >= 0.6 is 0 Å². The van der Waals surface area contributed by atoms with Gasteiger partial charge in [0.1, 0.15) is 6.79 Å². The first-order chi connectivity index (χ1) is 14.6. The fraction of sp³-hybridized carbons (Fsp3) is 0.692. The van der Waals surface area contributed by atoms with E-state index < -0.39 is 8.32 Å². The summed E-state index contributed by atoms with van der Waals surface area (Å²) < 4.78 is 25.7. The van der Waals surface area contributed by atoms with Gasteiger partial charge in [-0.25, -0.2) is 0 Å². The largest absolute Gasteiger partial charge is 0.414 e. The summed E-state index contributed by atoms with van der Waals surface area (Å²) in [4.78, 5) is 0. The van der Waals surface area contributed by atoms with Gasteiger partial charge in [0, 0.05) is 18.8 Å². The average Bonchev–Trinajstić information content (AvgIpc) is 2.96. The summed E-state index contributed by atoms with van der Waals surface area (Å²) in [5.41, 5.74) is 0.846. The molecule has 2 heterocycles. The molecule has 1 aromatic carbocycles. The van der Waals surface area contributed by atoms with Gasteiger partial charge in [-0.1, -0.05) is 63.3 Å². The third-order valence-electron chi connectivity index (χ3n) is 7.96. The van der Waals surface area contributed by atoms with Crippen molar-refractivity contribution in [2.75, 3.05) is 13.4 Å². The van der Waals surface area contributed by atoms with Crippen molar-refractivity contribution in [1.29, 1.82) is 0 Å². The molecule has 0 aromatic heterocycles. The number of fused-ring (bicyclic) bond motifs is 1. The predicted octanol–water partition coefficient (Wildman–Crippen LogP) is 6.23. The molecular weight excluding hydrogens is 404 g/mol. The molecule has 2 saturated heterocycles. The maximum absolute atomic E-state index is 6.92. The van der Waals surface area contributed by atoms with Gasteiger partial charge in [0.25, 0.3) is 0 Å². The van der Waals surface area contributed by atoms with E-state index in [2.05, 4.69) is 58.2 Å². The molecule has 2 fully saturated rings. The molecule has 0 saturated carbocycles. The highest BCUT2D eigenvalue weighted by molar-refractivity contribution is 6.74. The van der Waals surface area contributed by atoms with Crippen molar-refractivity contribution in [2.24, 2.45) is 5.92 Å². The highest BCUT2D eigenvalue weighted by Gasteiger charge is 2.60. The molecule has 172 valence electrons. The second-order valence-electron chi connectivity index (χ2n) is 11.3. The van der Waals surface area contributed by atoms with Gasteiger partial charge in [-0.15, -0.1) is 0 Å². The molecule has 3 aliphatic rings. The molecule has 1 aromatic rings. The molecule has 0 N–H and O–H groups in total. The lowest BCUT2D eigenvalue weighted by molar-refractivity contribution is -0.216. The lowest BCUT2D eigenvalue weighted by Gasteiger charge is -2.47. The van der Waals surface area contributed by atoms with Crippen LogP contribution in [0.4, 0.5) is 0 Å². The zero-order valence-corrected chi connectivity index (χ0v) is 21.0. The minimum Gasteiger partial charge on any atom is -0.414 e. The van der Waals surface area contributed by atoms with Crippen LogP contribution in [0.25, 0.3) is 0 Å². The van der Waals surface area contributed by atoms with Crippen LogP contribution in [0.15, 0.2) is 42.5 Å². The summed E-state index contributed by atoms with van der Waals surface area (Å²) in [6, 6.07) is 10.3. The van der Waals surface area contributed by atoms with Crippen LogP contribution in [-0.4, -0.2) is 39.0 Å². The minimum atomic E-state index is -1.84. The zero-order chi connectivity index (χ0) is 22.2. The first-order valence-electron chi connectivity index (χ1n) is 11.9. The molecule has 0 amide bonds. The molecular formula is C26H40O4Si. The molecule has 2 aliphatic heterocycles. The van der Waals surface area contributed by atoms with Crippen molar-refractivity contribution >= 4 is 8.32 Å². The fourth-order valence-electron chi connectivity index (χ4n) is 5.17. The second-order valence-corrected chi connectivity index (χ2v) is 16.1. The van der Waals surface area contributed by atoms with E-state index in [0.29, 0.717) is 25.9 Å². The Morgan fingerprint density at radius 1 is 1.10 bits per heavy atom. The minimum absolute atomic E-state index is 0.0894. The zero-order valence-electron chi connectivity index (χ0n) is 20.0. The first kappa shape index (κ1) is 23.2. The Hall–Kier alpha value is -0.983. The second kappa shape index (κ2) is 8.75. The Morgan fingerprint density at radius 2 is 1.87 bits per heavy atom. The molecule has 1 aliphatic carbocycles. The third kappa shape index (κ3) is 5.01. The predicted molar refractivity (Wildman–Crippen MR) is 126 cm³/mol. The molecule has 0 unspecified atom stereocenters. The van der Waals surface area contributed by atoms with Crippen LogP contribution in [0.5, 0.6) is 0 Å². The van der Waals surface area contributed by atoms with Crippen molar-refractivity contribution in [3.63, 3.8) is 0 Å². The summed E-state index contributed by atoms with van der Waals surface area (Å²) in [6.45, 7) is 13.1. The number of hydrogen-bond acceptors (Lipinski definition) is 4. The van der Waals surface area contributed by atoms with E-state index in [1.807, 2.05) is 18.2 Å². The van der Waals surface area contributed by atoms with E-state index in [4.69, 9.17) is 18.6 Å². The molecule has 5 heteroatoms. The topological polar surface area (TPSA) is 36.9 Å². The Morgan fingerprint density at radius 3 is 2.61 bits per heavy atom. The van der Waals surface area contributed by atoms with E-state index in [1.165, 1.54) is 5.56 Å². The Bertz CT molecular complexity index is 771. The SMILES string of the molecule is CC(C)(C)[Si](C)(C)OC[C@@]12C[C@@H](OCOCc3ccccc3)C[C@]3(CCC=C[C@@H]3C1)O2. The summed E-state index contributed by atoms with van der Waals surface area (Å²) in [5.74, 6) is 0.475. The molecule has 4 rings (SSSR count). The monoisotopic (exact) mass is 444 g/mol. The van der Waals surface area contributed by atoms with Gasteiger partial charge in [0.2, 0.25) is 0 Å². The van der Waals surface area contributed by atoms with E-state index in [9.17, 15) is 0 Å². The van der Waals surface area contributed by atoms with Crippen molar-refractivity contribution in [3.05, 3.63) is 48.0 Å². The lowest BCUT2D eigenvalue weighted by Crippen LogP contribution is -2.53. The highest BCUT2D eigenvalue weighted by atomic mass is 28.4. The van der Waals surface area contributed by atoms with E-state index in [1.54, 1.807) is 0 Å². The van der Waals surface area contributed by atoms with Crippen LogP contribution in [0.3, 0.4) is 0 Å². The quantitative estimate of drug-likeness (QED) is 0.206. The summed E-state index contributed by atoms with van der Waals surface area (Å²) >= 11 is 0. The molecule has 2 bridgehead atoms. The van der Waals surface area contributed by atoms with Gasteiger partial charge in [-0.3, -0.25) is 0 Å². The normalized spacial score (nSPS) is 32.8. The van der Waals surface area contributed by atoms with Crippen molar-refractivity contribution in [1.82, 2.24) is 0 Å². The highest BCUT2D eigenvalue weighted by Crippen LogP contribution is 2.56. The first-order valence-corrected chi connectivity index (χ1v) is 14.8. The Kier molecular flexibility index (Phi) is 6.54. The van der Waals surface area contributed by atoms with Crippen molar-refractivity contribution < 1.29 is 18.6 Å². The lowest BCUT2D eigenvalue weighted by atomic mass is 9.77. The van der Waals surface area contributed by atoms with Gasteiger partial charge in [0.05, 0.1) is 30.5 Å². The molecule has 1 spiro atoms. The van der Waals surface area contributed by atoms with Crippen LogP contribution in [-0.2, 0) is 25.2 Å². The van der Waals surface area contributed by atoms with Crippen LogP contribution in [0, 0.1) is 5.92 Å². The van der Waals surface area contributed by atoms with Gasteiger partial charge < -0.3 is 18.6 Å². The number of benzene rings is 1. The molecule has 4 nitrogen and oxygen atoms in total. The summed E-state index contributed by atoms with van der Waals surface area (Å²) in [5, 5.41) is 0.197. The smallest absolute Gasteiger partial charge is 0.192 e. The van der Waals surface area contributed by atoms with Crippen molar-refractivity contribution in [2.45, 2.75) is 94.9 Å². The Balaban J connectivity index is 1.40. The Labute approximate surface area is 189 Å². The number of hydrogen-bond donors (Lipinski definition) is 0. The molecule has 31 heavy (non-hydrogen) atoms. The number of rotatable bonds is 8. The summed E-state index contributed by atoms with van der Waals surface area (Å²) in [7, 11) is -1.84. The van der Waals surface area contributed by atoms with Gasteiger partial charge in [-0.05, 0) is 43.0 Å². The van der Waals surface area contributed by atoms with Gasteiger partial charge >= 0.3 is 0 Å². The van der Waals surface area contributed by atoms with E-state index in [0.717, 1.165) is 32.1 Å². The summed E-state index contributed by atoms with van der Waals surface area (Å²) in [6.07, 6.45) is 9.95. The maximum Gasteiger partial charge on any atom is 0.192 e. The van der Waals surface area contributed by atoms with Crippen LogP contribution in [0.2, 0.25) is 18.1 Å². The average molecular weight is 445 g/mol. The molecule has 0 radical (unpaired) electrons. The van der Waals surface area contributed by atoms with Gasteiger partial charge in [-0.2, -0.15) is 0 Å². The van der Waals surface area contributed by atoms with Crippen molar-refractivity contribution in [3.8, 4) is 0 Å². The third-order valence-corrected chi connectivity index (χ3v) is 12.4. The van der Waals surface area contributed by atoms with Crippen LogP contribution in [0.1, 0.15) is 58.4 Å².